The summed E-state index contributed by atoms with van der Waals surface area (Å²) in [5, 5.41) is 11.7. The number of carboxylic acid groups (broad SMARTS) is 1. The van der Waals surface area contributed by atoms with Crippen LogP contribution in [0.15, 0.2) is 30.3 Å². The molecule has 0 saturated carbocycles. The van der Waals surface area contributed by atoms with Crippen LogP contribution in [0, 0.1) is 12.3 Å². The Morgan fingerprint density at radius 3 is 2.43 bits per heavy atom. The molecule has 1 amide bonds. The van der Waals surface area contributed by atoms with Gasteiger partial charge in [0.15, 0.2) is 0 Å². The summed E-state index contributed by atoms with van der Waals surface area (Å²) in [4.78, 5) is 22.6. The molecule has 21 heavy (non-hydrogen) atoms. The first-order chi connectivity index (χ1) is 9.81. The fourth-order valence-electron chi connectivity index (χ4n) is 1.67. The van der Waals surface area contributed by atoms with Gasteiger partial charge in [0.05, 0.1) is 5.41 Å². The second-order valence-corrected chi connectivity index (χ2v) is 5.81. The highest BCUT2D eigenvalue weighted by molar-refractivity contribution is 5.78. The van der Waals surface area contributed by atoms with Gasteiger partial charge < -0.3 is 10.4 Å². The van der Waals surface area contributed by atoms with Crippen LogP contribution in [0.4, 0.5) is 0 Å². The van der Waals surface area contributed by atoms with Crippen molar-refractivity contribution in [2.45, 2.75) is 33.6 Å². The van der Waals surface area contributed by atoms with Crippen LogP contribution in [0.3, 0.4) is 0 Å². The molecule has 1 aromatic rings. The normalized spacial score (nSPS) is 11.6. The summed E-state index contributed by atoms with van der Waals surface area (Å²) >= 11 is 0. The number of hydrogen-bond acceptors (Lipinski definition) is 2. The first kappa shape index (κ1) is 17.0. The maximum atomic E-state index is 11.6. The van der Waals surface area contributed by atoms with Gasteiger partial charge in [-0.2, -0.15) is 0 Å². The Bertz CT molecular complexity index is 515. The van der Waals surface area contributed by atoms with E-state index in [4.69, 9.17) is 5.11 Å². The summed E-state index contributed by atoms with van der Waals surface area (Å²) in [6, 6.07) is 8.04. The predicted octanol–water partition coefficient (Wildman–Crippen LogP) is 3.02. The molecule has 0 heterocycles. The summed E-state index contributed by atoms with van der Waals surface area (Å²) in [7, 11) is 0. The molecule has 0 atom stereocenters. The van der Waals surface area contributed by atoms with Gasteiger partial charge in [-0.1, -0.05) is 42.0 Å². The van der Waals surface area contributed by atoms with Crippen molar-refractivity contribution in [2.75, 3.05) is 6.54 Å². The number of carboxylic acids is 1. The Balaban J connectivity index is 2.31. The molecule has 0 fully saturated rings. The van der Waals surface area contributed by atoms with E-state index in [9.17, 15) is 9.59 Å². The van der Waals surface area contributed by atoms with E-state index in [1.165, 1.54) is 5.56 Å². The minimum atomic E-state index is -0.851. The zero-order valence-corrected chi connectivity index (χ0v) is 12.8. The first-order valence-electron chi connectivity index (χ1n) is 7.04. The second-order valence-electron chi connectivity index (χ2n) is 5.81. The van der Waals surface area contributed by atoms with E-state index in [1.54, 1.807) is 13.8 Å². The molecule has 0 radical (unpaired) electrons. The minimum absolute atomic E-state index is 0.0976. The number of nitrogens with one attached hydrogen (secondary N) is 1. The summed E-state index contributed by atoms with van der Waals surface area (Å²) in [6.45, 7) is 5.70. The van der Waals surface area contributed by atoms with Gasteiger partial charge in [-0.25, -0.2) is 0 Å². The lowest BCUT2D eigenvalue weighted by Gasteiger charge is -2.18. The van der Waals surface area contributed by atoms with E-state index < -0.39 is 11.4 Å². The standard InChI is InChI=1S/C17H23NO3/c1-13-7-9-14(10-8-13)5-4-6-15(19)18-12-11-17(2,3)16(20)21/h4-5,7-10H,6,11-12H2,1-3H3,(H,18,19)(H,20,21)/b5-4+. The number of benzene rings is 1. The maximum Gasteiger partial charge on any atom is 0.309 e. The van der Waals surface area contributed by atoms with Crippen LogP contribution in [0.5, 0.6) is 0 Å². The highest BCUT2D eigenvalue weighted by Gasteiger charge is 2.26. The first-order valence-corrected chi connectivity index (χ1v) is 7.04. The zero-order valence-electron chi connectivity index (χ0n) is 12.8. The van der Waals surface area contributed by atoms with Crippen molar-refractivity contribution in [3.63, 3.8) is 0 Å². The average molecular weight is 289 g/mol. The number of rotatable bonds is 7. The van der Waals surface area contributed by atoms with Crippen molar-refractivity contribution in [3.05, 3.63) is 41.5 Å². The maximum absolute atomic E-state index is 11.6. The lowest BCUT2D eigenvalue weighted by Crippen LogP contribution is -2.31. The minimum Gasteiger partial charge on any atom is -0.481 e. The molecule has 114 valence electrons. The molecule has 0 aliphatic rings. The van der Waals surface area contributed by atoms with Crippen LogP contribution in [-0.4, -0.2) is 23.5 Å². The molecule has 1 aromatic carbocycles. The van der Waals surface area contributed by atoms with Gasteiger partial charge in [-0.05, 0) is 32.8 Å². The van der Waals surface area contributed by atoms with Gasteiger partial charge in [0.2, 0.25) is 5.91 Å². The van der Waals surface area contributed by atoms with Crippen LogP contribution < -0.4 is 5.32 Å². The second kappa shape index (κ2) is 7.62. The molecule has 0 aliphatic carbocycles. The molecule has 0 bridgehead atoms. The highest BCUT2D eigenvalue weighted by Crippen LogP contribution is 2.19. The number of amides is 1. The van der Waals surface area contributed by atoms with Crippen LogP contribution >= 0.6 is 0 Å². The lowest BCUT2D eigenvalue weighted by atomic mass is 9.90. The topological polar surface area (TPSA) is 66.4 Å². The molecule has 1 rings (SSSR count). The molecular weight excluding hydrogens is 266 g/mol. The quantitative estimate of drug-likeness (QED) is 0.811. The smallest absolute Gasteiger partial charge is 0.309 e. The zero-order chi connectivity index (χ0) is 15.9. The Morgan fingerprint density at radius 2 is 1.86 bits per heavy atom. The SMILES string of the molecule is Cc1ccc(/C=C/CC(=O)NCCC(C)(C)C(=O)O)cc1. The van der Waals surface area contributed by atoms with E-state index >= 15 is 0 Å². The number of aliphatic carboxylic acids is 1. The van der Waals surface area contributed by atoms with Crippen LogP contribution in [-0.2, 0) is 9.59 Å². The molecule has 4 heteroatoms. The monoisotopic (exact) mass is 289 g/mol. The molecule has 0 unspecified atom stereocenters. The average Bonchev–Trinajstić information content (AvgIpc) is 2.40. The third-order valence-corrected chi connectivity index (χ3v) is 3.34. The molecule has 2 N–H and O–H groups in total. The number of carbonyl (C=O) groups excluding carboxylic acids is 1. The van der Waals surface area contributed by atoms with Crippen LogP contribution in [0.2, 0.25) is 0 Å². The molecule has 0 saturated heterocycles. The van der Waals surface area contributed by atoms with E-state index in [0.29, 0.717) is 19.4 Å². The largest absolute Gasteiger partial charge is 0.481 e. The van der Waals surface area contributed by atoms with Crippen molar-refractivity contribution >= 4 is 18.0 Å². The van der Waals surface area contributed by atoms with Gasteiger partial charge in [-0.15, -0.1) is 0 Å². The third kappa shape index (κ3) is 6.25. The van der Waals surface area contributed by atoms with Crippen LogP contribution in [0.1, 0.15) is 37.8 Å². The Labute approximate surface area is 125 Å². The van der Waals surface area contributed by atoms with Crippen molar-refractivity contribution in [3.8, 4) is 0 Å². The number of aryl methyl sites for hydroxylation is 1. The van der Waals surface area contributed by atoms with Gasteiger partial charge in [0.25, 0.3) is 0 Å². The molecule has 4 nitrogen and oxygen atoms in total. The fraction of sp³-hybridized carbons (Fsp3) is 0.412. The van der Waals surface area contributed by atoms with Gasteiger partial charge in [0.1, 0.15) is 0 Å². The van der Waals surface area contributed by atoms with Crippen molar-refractivity contribution in [1.82, 2.24) is 5.32 Å². The Hall–Kier alpha value is -2.10. The van der Waals surface area contributed by atoms with Crippen molar-refractivity contribution in [2.24, 2.45) is 5.41 Å². The third-order valence-electron chi connectivity index (χ3n) is 3.34. The molecule has 0 spiro atoms. The summed E-state index contributed by atoms with van der Waals surface area (Å²) in [5.74, 6) is -0.949. The van der Waals surface area contributed by atoms with Crippen molar-refractivity contribution < 1.29 is 14.7 Å². The Morgan fingerprint density at radius 1 is 1.24 bits per heavy atom. The summed E-state index contributed by atoms with van der Waals surface area (Å²) in [5.41, 5.74) is 1.44. The van der Waals surface area contributed by atoms with E-state index in [0.717, 1.165) is 5.56 Å². The molecule has 0 aliphatic heterocycles. The van der Waals surface area contributed by atoms with Crippen molar-refractivity contribution in [1.29, 1.82) is 0 Å². The van der Waals surface area contributed by atoms with Gasteiger partial charge in [-0.3, -0.25) is 9.59 Å². The number of carbonyl (C=O) groups is 2. The molecular formula is C17H23NO3. The molecule has 0 aromatic heterocycles. The lowest BCUT2D eigenvalue weighted by molar-refractivity contribution is -0.147. The van der Waals surface area contributed by atoms with E-state index in [-0.39, 0.29) is 5.91 Å². The summed E-state index contributed by atoms with van der Waals surface area (Å²) in [6.07, 6.45) is 4.42. The van der Waals surface area contributed by atoms with Gasteiger partial charge >= 0.3 is 5.97 Å². The van der Waals surface area contributed by atoms with Crippen LogP contribution in [0.25, 0.3) is 6.08 Å². The highest BCUT2D eigenvalue weighted by atomic mass is 16.4. The number of hydrogen-bond donors (Lipinski definition) is 2. The van der Waals surface area contributed by atoms with E-state index in [2.05, 4.69) is 5.32 Å². The summed E-state index contributed by atoms with van der Waals surface area (Å²) < 4.78 is 0. The van der Waals surface area contributed by atoms with Gasteiger partial charge in [0, 0.05) is 13.0 Å². The Kier molecular flexibility index (Phi) is 6.15. The fourth-order valence-corrected chi connectivity index (χ4v) is 1.67. The van der Waals surface area contributed by atoms with E-state index in [1.807, 2.05) is 43.3 Å². The predicted molar refractivity (Wildman–Crippen MR) is 83.9 cm³/mol.